The minimum absolute atomic E-state index is 0.0340. The predicted octanol–water partition coefficient (Wildman–Crippen LogP) is 2.49. The number of aliphatic carboxylic acids is 1. The molecule has 1 aliphatic rings. The van der Waals surface area contributed by atoms with Crippen LogP contribution in [-0.2, 0) is 17.8 Å². The largest absolute Gasteiger partial charge is 0.508 e. The molecule has 0 saturated carbocycles. The van der Waals surface area contributed by atoms with Crippen molar-refractivity contribution in [2.24, 2.45) is 4.99 Å². The number of nitriles is 1. The van der Waals surface area contributed by atoms with Crippen LogP contribution >= 0.6 is 23.2 Å². The molecule has 0 bridgehead atoms. The van der Waals surface area contributed by atoms with Crippen LogP contribution in [0, 0.1) is 11.5 Å². The monoisotopic (exact) mass is 634 g/mol. The van der Waals surface area contributed by atoms with Crippen molar-refractivity contribution in [3.63, 3.8) is 0 Å². The Kier molecular flexibility index (Phi) is 12.9. The van der Waals surface area contributed by atoms with Gasteiger partial charge in [0.1, 0.15) is 11.8 Å². The molecule has 12 nitrogen and oxygen atoms in total. The van der Waals surface area contributed by atoms with Crippen LogP contribution in [0.4, 0.5) is 0 Å². The second-order valence-electron chi connectivity index (χ2n) is 10.1. The van der Waals surface area contributed by atoms with Crippen LogP contribution in [0.3, 0.4) is 0 Å². The van der Waals surface area contributed by atoms with Crippen LogP contribution in [0.5, 0.6) is 5.75 Å². The standard InChI is InChI=1S/C29H36Cl2N6O6/c1-2-8-37(11-12-38)29(34-17-32)33-15-23(28(42)43)35-27(41)25-22(30)14-19-16-36(9-6-21(19)26(25)31)10-7-24(40)18-4-3-5-20(39)13-18/h3-5,13-14,23-24,38-40H,2,6-12,15-16H2,1H3,(H,33,34)(H,35,41)(H,42,43)/t23-,24?/m0/s1. The molecule has 0 saturated heterocycles. The Morgan fingerprint density at radius 1 is 1.26 bits per heavy atom. The van der Waals surface area contributed by atoms with E-state index in [4.69, 9.17) is 28.5 Å². The molecule has 6 N–H and O–H groups in total. The van der Waals surface area contributed by atoms with Crippen molar-refractivity contribution in [2.75, 3.05) is 39.3 Å². The number of carboxylic acids is 1. The van der Waals surface area contributed by atoms with Crippen LogP contribution < -0.4 is 10.6 Å². The number of phenols is 1. The first-order valence-corrected chi connectivity index (χ1v) is 14.6. The summed E-state index contributed by atoms with van der Waals surface area (Å²) in [6.45, 7) is 3.65. The zero-order chi connectivity index (χ0) is 31.5. The molecule has 2 atom stereocenters. The van der Waals surface area contributed by atoms with E-state index in [-0.39, 0.29) is 47.0 Å². The summed E-state index contributed by atoms with van der Waals surface area (Å²) in [5.74, 6) is -1.94. The van der Waals surface area contributed by atoms with Crippen molar-refractivity contribution >= 4 is 41.0 Å². The highest BCUT2D eigenvalue weighted by Gasteiger charge is 2.28. The number of fused-ring (bicyclic) bond motifs is 1. The third kappa shape index (κ3) is 9.19. The van der Waals surface area contributed by atoms with Gasteiger partial charge in [-0.25, -0.2) is 9.79 Å². The average Bonchev–Trinajstić information content (AvgIpc) is 2.96. The van der Waals surface area contributed by atoms with Crippen LogP contribution in [0.25, 0.3) is 0 Å². The molecule has 14 heteroatoms. The lowest BCUT2D eigenvalue weighted by molar-refractivity contribution is -0.138. The number of hydrogen-bond acceptors (Lipinski definition) is 8. The smallest absolute Gasteiger partial charge is 0.328 e. The zero-order valence-corrected chi connectivity index (χ0v) is 25.3. The Labute approximate surface area is 260 Å². The summed E-state index contributed by atoms with van der Waals surface area (Å²) in [4.78, 5) is 33.2. The number of phenolic OH excluding ortho intramolecular Hbond substituents is 1. The van der Waals surface area contributed by atoms with Crippen molar-refractivity contribution in [1.29, 1.82) is 5.26 Å². The first-order valence-electron chi connectivity index (χ1n) is 13.9. The molecular weight excluding hydrogens is 599 g/mol. The summed E-state index contributed by atoms with van der Waals surface area (Å²) in [5, 5.41) is 53.5. The number of halogens is 2. The van der Waals surface area contributed by atoms with Crippen molar-refractivity contribution in [2.45, 2.75) is 44.9 Å². The maximum atomic E-state index is 13.2. The molecule has 0 aliphatic carbocycles. The summed E-state index contributed by atoms with van der Waals surface area (Å²) in [7, 11) is 0. The molecular formula is C29H36Cl2N6O6. The van der Waals surface area contributed by atoms with E-state index in [1.165, 1.54) is 6.07 Å². The number of aliphatic hydroxyl groups is 2. The number of carboxylic acid groups (broad SMARTS) is 1. The molecule has 1 heterocycles. The number of guanidine groups is 1. The number of carbonyl (C=O) groups is 2. The third-order valence-corrected chi connectivity index (χ3v) is 7.76. The van der Waals surface area contributed by atoms with E-state index in [9.17, 15) is 30.0 Å². The number of rotatable bonds is 13. The topological polar surface area (TPSA) is 182 Å². The molecule has 0 spiro atoms. The maximum Gasteiger partial charge on any atom is 0.328 e. The van der Waals surface area contributed by atoms with Crippen LogP contribution in [0.2, 0.25) is 10.0 Å². The molecule has 0 radical (unpaired) electrons. The van der Waals surface area contributed by atoms with E-state index < -0.39 is 24.0 Å². The first-order chi connectivity index (χ1) is 20.6. The van der Waals surface area contributed by atoms with E-state index in [2.05, 4.69) is 20.5 Å². The number of aromatic hydroxyl groups is 1. The molecule has 2 aromatic rings. The van der Waals surface area contributed by atoms with Gasteiger partial charge in [-0.05, 0) is 54.2 Å². The van der Waals surface area contributed by atoms with Gasteiger partial charge in [-0.1, -0.05) is 42.3 Å². The van der Waals surface area contributed by atoms with Gasteiger partial charge in [-0.15, -0.1) is 0 Å². The number of aliphatic imine (C=N–C) groups is 1. The van der Waals surface area contributed by atoms with Crippen molar-refractivity contribution in [3.05, 3.63) is 62.6 Å². The number of aliphatic hydroxyl groups excluding tert-OH is 2. The molecule has 43 heavy (non-hydrogen) atoms. The number of amides is 1. The summed E-state index contributed by atoms with van der Waals surface area (Å²) >= 11 is 13.2. The second kappa shape index (κ2) is 16.3. The van der Waals surface area contributed by atoms with Gasteiger partial charge in [-0.3, -0.25) is 15.0 Å². The highest BCUT2D eigenvalue weighted by atomic mass is 35.5. The van der Waals surface area contributed by atoms with Crippen LogP contribution in [-0.4, -0.2) is 93.4 Å². The summed E-state index contributed by atoms with van der Waals surface area (Å²) in [5.41, 5.74) is 2.17. The normalized spacial score (nSPS) is 14.7. The maximum absolute atomic E-state index is 13.2. The molecule has 1 amide bonds. The SMILES string of the molecule is CCCN(CCO)C(=NC[C@H](NC(=O)c1c(Cl)cc2c(c1Cl)CCN(CCC(O)c1cccc(O)c1)C2)C(=O)O)NC#N. The number of carbonyl (C=O) groups excluding carboxylic acids is 1. The Balaban J connectivity index is 1.71. The van der Waals surface area contributed by atoms with Gasteiger partial charge >= 0.3 is 5.97 Å². The Morgan fingerprint density at radius 2 is 2.02 bits per heavy atom. The second-order valence-corrected chi connectivity index (χ2v) is 10.9. The number of nitrogens with one attached hydrogen (secondary N) is 2. The molecule has 232 valence electrons. The average molecular weight is 636 g/mol. The van der Waals surface area contributed by atoms with E-state index >= 15 is 0 Å². The Morgan fingerprint density at radius 3 is 2.67 bits per heavy atom. The minimum atomic E-state index is -1.45. The summed E-state index contributed by atoms with van der Waals surface area (Å²) < 4.78 is 0. The fourth-order valence-corrected chi connectivity index (χ4v) is 5.65. The first kappa shape index (κ1) is 33.9. The number of benzene rings is 2. The van der Waals surface area contributed by atoms with E-state index in [0.717, 1.165) is 11.1 Å². The number of hydrogen-bond donors (Lipinski definition) is 6. The van der Waals surface area contributed by atoms with E-state index in [1.54, 1.807) is 35.4 Å². The summed E-state index contributed by atoms with van der Waals surface area (Å²) in [6.07, 6.45) is 2.67. The van der Waals surface area contributed by atoms with E-state index in [1.807, 2.05) is 6.92 Å². The third-order valence-electron chi connectivity index (χ3n) is 7.04. The lowest BCUT2D eigenvalue weighted by atomic mass is 9.96. The fourth-order valence-electron chi connectivity index (χ4n) is 4.89. The molecule has 2 aromatic carbocycles. The van der Waals surface area contributed by atoms with Gasteiger partial charge in [0.25, 0.3) is 5.91 Å². The molecule has 1 unspecified atom stereocenters. The van der Waals surface area contributed by atoms with Crippen LogP contribution in [0.15, 0.2) is 35.3 Å². The van der Waals surface area contributed by atoms with Crippen LogP contribution in [0.1, 0.15) is 52.9 Å². The number of nitrogens with zero attached hydrogens (tertiary/aromatic N) is 4. The van der Waals surface area contributed by atoms with Gasteiger partial charge in [-0.2, -0.15) is 5.26 Å². The molecule has 0 aromatic heterocycles. The quantitative estimate of drug-likeness (QED) is 0.0828. The van der Waals surface area contributed by atoms with Gasteiger partial charge in [0.15, 0.2) is 6.19 Å². The van der Waals surface area contributed by atoms with Crippen molar-refractivity contribution in [3.8, 4) is 11.9 Å². The fraction of sp³-hybridized carbons (Fsp3) is 0.448. The van der Waals surface area contributed by atoms with Gasteiger partial charge in [0.2, 0.25) is 5.96 Å². The van der Waals surface area contributed by atoms with Gasteiger partial charge < -0.3 is 30.6 Å². The molecule has 0 fully saturated rings. The Hall–Kier alpha value is -3.60. The highest BCUT2D eigenvalue weighted by molar-refractivity contribution is 6.40. The van der Waals surface area contributed by atoms with Gasteiger partial charge in [0, 0.05) is 32.7 Å². The lowest BCUT2D eigenvalue weighted by Gasteiger charge is -2.31. The van der Waals surface area contributed by atoms with Crippen molar-refractivity contribution < 1.29 is 30.0 Å². The minimum Gasteiger partial charge on any atom is -0.508 e. The Bertz CT molecular complexity index is 1360. The van der Waals surface area contributed by atoms with Crippen molar-refractivity contribution in [1.82, 2.24) is 20.4 Å². The predicted molar refractivity (Wildman–Crippen MR) is 162 cm³/mol. The summed E-state index contributed by atoms with van der Waals surface area (Å²) in [6, 6.07) is 6.71. The zero-order valence-electron chi connectivity index (χ0n) is 23.8. The molecule has 3 rings (SSSR count). The van der Waals surface area contributed by atoms with Gasteiger partial charge in [0.05, 0.1) is 34.9 Å². The van der Waals surface area contributed by atoms with E-state index in [0.29, 0.717) is 51.0 Å². The molecule has 1 aliphatic heterocycles. The lowest BCUT2D eigenvalue weighted by Crippen LogP contribution is -2.46. The highest BCUT2D eigenvalue weighted by Crippen LogP contribution is 2.35.